The van der Waals surface area contributed by atoms with E-state index in [1.165, 1.54) is 5.56 Å². The van der Waals surface area contributed by atoms with E-state index in [0.29, 0.717) is 12.1 Å². The lowest BCUT2D eigenvalue weighted by Crippen LogP contribution is -2.48. The third kappa shape index (κ3) is 3.20. The quantitative estimate of drug-likeness (QED) is 0.852. The maximum atomic E-state index is 13.4. The van der Waals surface area contributed by atoms with Gasteiger partial charge in [0.25, 0.3) is 5.91 Å². The van der Waals surface area contributed by atoms with E-state index in [4.69, 9.17) is 0 Å². The number of nitrogens with one attached hydrogen (secondary N) is 1. The van der Waals surface area contributed by atoms with Gasteiger partial charge < -0.3 is 15.3 Å². The number of benzene rings is 1. The first kappa shape index (κ1) is 19.0. The minimum Gasteiger partial charge on any atom is -0.388 e. The summed E-state index contributed by atoms with van der Waals surface area (Å²) in [5.41, 5.74) is 0.667. The van der Waals surface area contributed by atoms with Gasteiger partial charge in [-0.1, -0.05) is 30.3 Å². The van der Waals surface area contributed by atoms with Crippen LogP contribution in [-0.4, -0.2) is 43.9 Å². The van der Waals surface area contributed by atoms with Crippen LogP contribution in [0.1, 0.15) is 68.9 Å². The molecule has 0 aliphatic carbocycles. The summed E-state index contributed by atoms with van der Waals surface area (Å²) in [6.07, 6.45) is 4.30. The van der Waals surface area contributed by atoms with Gasteiger partial charge in [0.2, 0.25) is 0 Å². The molecule has 1 amide bonds. The van der Waals surface area contributed by atoms with Gasteiger partial charge in [0.15, 0.2) is 0 Å². The predicted molar refractivity (Wildman–Crippen MR) is 109 cm³/mol. The van der Waals surface area contributed by atoms with Crippen LogP contribution in [0.15, 0.2) is 36.5 Å². The van der Waals surface area contributed by atoms with Crippen molar-refractivity contribution in [2.75, 3.05) is 11.9 Å². The topological polar surface area (TPSA) is 70.4 Å². The molecule has 2 aromatic rings. The van der Waals surface area contributed by atoms with E-state index >= 15 is 0 Å². The van der Waals surface area contributed by atoms with Crippen LogP contribution >= 0.6 is 0 Å². The molecule has 2 N–H and O–H groups in total. The molecule has 0 bridgehead atoms. The Labute approximate surface area is 166 Å². The Kier molecular flexibility index (Phi) is 4.49. The number of aromatic nitrogens is 2. The van der Waals surface area contributed by atoms with Crippen molar-refractivity contribution in [3.05, 3.63) is 47.7 Å². The number of rotatable bonds is 3. The minimum absolute atomic E-state index is 0.0529. The summed E-state index contributed by atoms with van der Waals surface area (Å²) >= 11 is 0. The Morgan fingerprint density at radius 1 is 1.29 bits per heavy atom. The molecule has 0 spiro atoms. The largest absolute Gasteiger partial charge is 0.388 e. The van der Waals surface area contributed by atoms with Gasteiger partial charge in [-0.2, -0.15) is 5.10 Å². The van der Waals surface area contributed by atoms with E-state index in [1.54, 1.807) is 20.0 Å². The molecule has 3 heterocycles. The normalized spacial score (nSPS) is 24.0. The fourth-order valence-corrected chi connectivity index (χ4v) is 4.69. The molecular weight excluding hydrogens is 352 g/mol. The zero-order valence-corrected chi connectivity index (χ0v) is 17.1. The number of fused-ring (bicyclic) bond motifs is 1. The van der Waals surface area contributed by atoms with Crippen LogP contribution in [0.5, 0.6) is 0 Å². The SMILES string of the molecule is CC(C)(O)C1CCCN1C(=O)c1cnn2c1NC(c1ccccc1)CC2(C)C. The Morgan fingerprint density at radius 3 is 2.68 bits per heavy atom. The molecule has 2 atom stereocenters. The van der Waals surface area contributed by atoms with Gasteiger partial charge in [-0.25, -0.2) is 4.68 Å². The predicted octanol–water partition coefficient (Wildman–Crippen LogP) is 3.55. The Hall–Kier alpha value is -2.34. The lowest BCUT2D eigenvalue weighted by atomic mass is 9.89. The fourth-order valence-electron chi connectivity index (χ4n) is 4.69. The maximum absolute atomic E-state index is 13.4. The first-order valence-electron chi connectivity index (χ1n) is 10.1. The van der Waals surface area contributed by atoms with Crippen molar-refractivity contribution in [1.82, 2.24) is 14.7 Å². The monoisotopic (exact) mass is 382 g/mol. The number of carbonyl (C=O) groups is 1. The minimum atomic E-state index is -0.918. The van der Waals surface area contributed by atoms with Crippen molar-refractivity contribution in [3.8, 4) is 0 Å². The van der Waals surface area contributed by atoms with Gasteiger partial charge >= 0.3 is 0 Å². The van der Waals surface area contributed by atoms with Gasteiger partial charge in [0.05, 0.1) is 29.4 Å². The molecule has 0 radical (unpaired) electrons. The molecule has 2 aliphatic rings. The molecule has 6 heteroatoms. The molecule has 0 saturated carbocycles. The molecule has 28 heavy (non-hydrogen) atoms. The molecule has 150 valence electrons. The van der Waals surface area contributed by atoms with Crippen LogP contribution in [0.3, 0.4) is 0 Å². The van der Waals surface area contributed by atoms with Gasteiger partial charge in [-0.3, -0.25) is 4.79 Å². The van der Waals surface area contributed by atoms with Crippen molar-refractivity contribution < 1.29 is 9.90 Å². The van der Waals surface area contributed by atoms with E-state index in [0.717, 1.165) is 25.1 Å². The highest BCUT2D eigenvalue weighted by Gasteiger charge is 2.42. The van der Waals surface area contributed by atoms with E-state index in [-0.39, 0.29) is 23.5 Å². The van der Waals surface area contributed by atoms with E-state index in [1.807, 2.05) is 27.8 Å². The molecule has 1 saturated heterocycles. The molecular formula is C22H30N4O2. The number of likely N-dealkylation sites (tertiary alicyclic amines) is 1. The Bertz CT molecular complexity index is 866. The van der Waals surface area contributed by atoms with Gasteiger partial charge in [-0.05, 0) is 52.5 Å². The van der Waals surface area contributed by atoms with Crippen LogP contribution in [0.4, 0.5) is 5.82 Å². The van der Waals surface area contributed by atoms with E-state index in [9.17, 15) is 9.90 Å². The van der Waals surface area contributed by atoms with Crippen molar-refractivity contribution >= 4 is 11.7 Å². The van der Waals surface area contributed by atoms with Gasteiger partial charge in [-0.15, -0.1) is 0 Å². The van der Waals surface area contributed by atoms with Crippen molar-refractivity contribution in [2.24, 2.45) is 0 Å². The van der Waals surface area contributed by atoms with Gasteiger partial charge in [0.1, 0.15) is 11.4 Å². The van der Waals surface area contributed by atoms with Crippen molar-refractivity contribution in [2.45, 2.75) is 70.2 Å². The molecule has 4 rings (SSSR count). The average Bonchev–Trinajstić information content (AvgIpc) is 3.28. The molecule has 1 aromatic carbocycles. The smallest absolute Gasteiger partial charge is 0.259 e. The summed E-state index contributed by atoms with van der Waals surface area (Å²) in [5.74, 6) is 0.722. The number of carbonyl (C=O) groups excluding carboxylic acids is 1. The van der Waals surface area contributed by atoms with Crippen LogP contribution < -0.4 is 5.32 Å². The lowest BCUT2D eigenvalue weighted by molar-refractivity contribution is 0.000351. The van der Waals surface area contributed by atoms with E-state index in [2.05, 4.69) is 36.4 Å². The number of hydrogen-bond donors (Lipinski definition) is 2. The molecule has 2 unspecified atom stereocenters. The van der Waals surface area contributed by atoms with Crippen LogP contribution in [0, 0.1) is 0 Å². The second kappa shape index (κ2) is 6.62. The third-order valence-electron chi connectivity index (χ3n) is 6.12. The zero-order chi connectivity index (χ0) is 20.1. The highest BCUT2D eigenvalue weighted by molar-refractivity contribution is 5.99. The van der Waals surface area contributed by atoms with Crippen LogP contribution in [0.25, 0.3) is 0 Å². The maximum Gasteiger partial charge on any atom is 0.259 e. The average molecular weight is 383 g/mol. The molecule has 6 nitrogen and oxygen atoms in total. The summed E-state index contributed by atoms with van der Waals surface area (Å²) in [5, 5.41) is 18.6. The number of anilines is 1. The highest BCUT2D eigenvalue weighted by atomic mass is 16.3. The lowest BCUT2D eigenvalue weighted by Gasteiger charge is -2.39. The summed E-state index contributed by atoms with van der Waals surface area (Å²) < 4.78 is 1.94. The first-order chi connectivity index (χ1) is 13.2. The number of aliphatic hydroxyl groups is 1. The van der Waals surface area contributed by atoms with Gasteiger partial charge in [0, 0.05) is 6.54 Å². The first-order valence-corrected chi connectivity index (χ1v) is 10.1. The highest BCUT2D eigenvalue weighted by Crippen LogP contribution is 2.40. The molecule has 1 aromatic heterocycles. The summed E-state index contributed by atoms with van der Waals surface area (Å²) in [4.78, 5) is 15.2. The fraction of sp³-hybridized carbons (Fsp3) is 0.545. The summed E-state index contributed by atoms with van der Waals surface area (Å²) in [7, 11) is 0. The Morgan fingerprint density at radius 2 is 2.00 bits per heavy atom. The second-order valence-electron chi connectivity index (χ2n) is 9.25. The van der Waals surface area contributed by atoms with Crippen LogP contribution in [-0.2, 0) is 5.54 Å². The second-order valence-corrected chi connectivity index (χ2v) is 9.25. The molecule has 2 aliphatic heterocycles. The Balaban J connectivity index is 1.69. The van der Waals surface area contributed by atoms with E-state index < -0.39 is 5.60 Å². The number of hydrogen-bond acceptors (Lipinski definition) is 4. The number of amides is 1. The van der Waals surface area contributed by atoms with Crippen LogP contribution in [0.2, 0.25) is 0 Å². The summed E-state index contributed by atoms with van der Waals surface area (Å²) in [6.45, 7) is 8.55. The third-order valence-corrected chi connectivity index (χ3v) is 6.12. The standard InChI is InChI=1S/C22H30N4O2/c1-21(2)13-17(15-9-6-5-7-10-15)24-19-16(14-23-26(19)21)20(27)25-12-8-11-18(25)22(3,4)28/h5-7,9-10,14,17-18,24,28H,8,11-13H2,1-4H3. The van der Waals surface area contributed by atoms with Crippen molar-refractivity contribution in [3.63, 3.8) is 0 Å². The summed E-state index contributed by atoms with van der Waals surface area (Å²) in [6, 6.07) is 10.3. The number of nitrogens with zero attached hydrogens (tertiary/aromatic N) is 3. The van der Waals surface area contributed by atoms with Crippen molar-refractivity contribution in [1.29, 1.82) is 0 Å². The molecule has 1 fully saturated rings. The zero-order valence-electron chi connectivity index (χ0n) is 17.1.